The van der Waals surface area contributed by atoms with Crippen LogP contribution in [0.3, 0.4) is 0 Å². The summed E-state index contributed by atoms with van der Waals surface area (Å²) in [6, 6.07) is 11.1. The maximum absolute atomic E-state index is 11.8. The lowest BCUT2D eigenvalue weighted by molar-refractivity contribution is 0.223. The largest absolute Gasteiger partial charge is 0.473 e. The molecule has 2 aromatic rings. The van der Waals surface area contributed by atoms with E-state index in [-0.39, 0.29) is 12.8 Å². The molecule has 0 bridgehead atoms. The molecule has 0 unspecified atom stereocenters. The second-order valence-electron chi connectivity index (χ2n) is 5.43. The molecule has 0 aromatic heterocycles. The van der Waals surface area contributed by atoms with Crippen molar-refractivity contribution < 1.29 is 9.53 Å². The number of ether oxygens (including phenoxy) is 1. The third-order valence-electron chi connectivity index (χ3n) is 3.69. The molecule has 4 nitrogen and oxygen atoms in total. The molecule has 0 atom stereocenters. The lowest BCUT2D eigenvalue weighted by atomic mass is 10.1. The number of carbonyl (C=O) groups excluding carboxylic acids is 1. The fourth-order valence-corrected chi connectivity index (χ4v) is 2.29. The minimum atomic E-state index is -0.275. The second-order valence-corrected chi connectivity index (χ2v) is 5.86. The van der Waals surface area contributed by atoms with Gasteiger partial charge in [0.05, 0.1) is 0 Å². The summed E-state index contributed by atoms with van der Waals surface area (Å²) in [7, 11) is 0. The van der Waals surface area contributed by atoms with Gasteiger partial charge >= 0.3 is 6.03 Å². The van der Waals surface area contributed by atoms with E-state index in [0.717, 1.165) is 28.0 Å². The molecule has 0 radical (unpaired) electrons. The summed E-state index contributed by atoms with van der Waals surface area (Å²) >= 11 is 5.82. The second kappa shape index (κ2) is 7.88. The monoisotopic (exact) mass is 332 g/mol. The van der Waals surface area contributed by atoms with Crippen molar-refractivity contribution >= 4 is 17.6 Å². The molecule has 2 N–H and O–H groups in total. The van der Waals surface area contributed by atoms with Crippen LogP contribution in [0.25, 0.3) is 0 Å². The minimum Gasteiger partial charge on any atom is -0.473 e. The van der Waals surface area contributed by atoms with Gasteiger partial charge in [0.1, 0.15) is 5.75 Å². The van der Waals surface area contributed by atoms with Crippen LogP contribution in [0.2, 0.25) is 5.02 Å². The zero-order valence-corrected chi connectivity index (χ0v) is 14.3. The quantitative estimate of drug-likeness (QED) is 0.810. The van der Waals surface area contributed by atoms with E-state index in [1.807, 2.05) is 39.0 Å². The van der Waals surface area contributed by atoms with E-state index in [2.05, 4.69) is 16.7 Å². The van der Waals surface area contributed by atoms with Crippen LogP contribution in [-0.2, 0) is 6.54 Å². The van der Waals surface area contributed by atoms with Crippen LogP contribution in [0.1, 0.15) is 22.3 Å². The highest BCUT2D eigenvalue weighted by Gasteiger charge is 2.07. The third-order valence-corrected chi connectivity index (χ3v) is 3.94. The van der Waals surface area contributed by atoms with Crippen LogP contribution >= 0.6 is 11.6 Å². The van der Waals surface area contributed by atoms with Gasteiger partial charge in [-0.2, -0.15) is 0 Å². The predicted molar refractivity (Wildman–Crippen MR) is 93.0 cm³/mol. The molecular weight excluding hydrogens is 312 g/mol. The number of aryl methyl sites for hydroxylation is 2. The van der Waals surface area contributed by atoms with Gasteiger partial charge in [-0.25, -0.2) is 4.79 Å². The Bertz CT molecular complexity index is 684. The summed E-state index contributed by atoms with van der Waals surface area (Å²) < 4.78 is 5.70. The molecule has 5 heteroatoms. The van der Waals surface area contributed by atoms with Gasteiger partial charge in [-0.1, -0.05) is 35.9 Å². The average Bonchev–Trinajstić information content (AvgIpc) is 2.54. The number of rotatable bonds is 5. The van der Waals surface area contributed by atoms with Crippen molar-refractivity contribution in [1.29, 1.82) is 0 Å². The molecule has 0 heterocycles. The zero-order valence-electron chi connectivity index (χ0n) is 13.6. The summed E-state index contributed by atoms with van der Waals surface area (Å²) in [5.41, 5.74) is 4.29. The van der Waals surface area contributed by atoms with E-state index >= 15 is 0 Å². The number of halogens is 1. The first-order chi connectivity index (χ1) is 11.0. The molecule has 2 rings (SSSR count). The van der Waals surface area contributed by atoms with Crippen molar-refractivity contribution in [3.8, 4) is 5.75 Å². The van der Waals surface area contributed by atoms with E-state index in [4.69, 9.17) is 16.3 Å². The average molecular weight is 333 g/mol. The smallest absolute Gasteiger partial charge is 0.317 e. The third kappa shape index (κ3) is 4.89. The number of benzene rings is 2. The number of carbonyl (C=O) groups is 1. The summed E-state index contributed by atoms with van der Waals surface area (Å²) in [5, 5.41) is 6.14. The molecule has 0 saturated heterocycles. The highest BCUT2D eigenvalue weighted by atomic mass is 35.5. The number of amides is 2. The molecule has 0 spiro atoms. The van der Waals surface area contributed by atoms with E-state index < -0.39 is 0 Å². The number of nitrogens with one attached hydrogen (secondary N) is 2. The molecule has 23 heavy (non-hydrogen) atoms. The van der Waals surface area contributed by atoms with E-state index in [1.54, 1.807) is 12.1 Å². The highest BCUT2D eigenvalue weighted by molar-refractivity contribution is 6.30. The SMILES string of the molecule is Cc1ccc(C)c(OCNC(=O)NCc2ccc(Cl)cc2)c1C. The van der Waals surface area contributed by atoms with Crippen LogP contribution in [0.15, 0.2) is 36.4 Å². The molecule has 0 saturated carbocycles. The van der Waals surface area contributed by atoms with Gasteiger partial charge in [0, 0.05) is 11.6 Å². The van der Waals surface area contributed by atoms with Gasteiger partial charge in [0.2, 0.25) is 0 Å². The molecular formula is C18H21ClN2O2. The number of urea groups is 1. The highest BCUT2D eigenvalue weighted by Crippen LogP contribution is 2.25. The van der Waals surface area contributed by atoms with Crippen molar-refractivity contribution in [2.24, 2.45) is 0 Å². The zero-order chi connectivity index (χ0) is 16.8. The molecule has 0 aliphatic heterocycles. The fourth-order valence-electron chi connectivity index (χ4n) is 2.17. The molecule has 0 aliphatic carbocycles. The maximum Gasteiger partial charge on any atom is 0.317 e. The van der Waals surface area contributed by atoms with Crippen LogP contribution in [-0.4, -0.2) is 12.8 Å². The molecule has 2 amide bonds. The Hall–Kier alpha value is -2.20. The standard InChI is InChI=1S/C18H21ClN2O2/c1-12-4-5-13(2)17(14(12)3)23-11-21-18(22)20-10-15-6-8-16(19)9-7-15/h4-9H,10-11H2,1-3H3,(H2,20,21,22). The first kappa shape index (κ1) is 17.2. The summed E-state index contributed by atoms with van der Waals surface area (Å²) in [5.74, 6) is 0.822. The molecule has 0 fully saturated rings. The van der Waals surface area contributed by atoms with Crippen molar-refractivity contribution in [3.05, 3.63) is 63.7 Å². The van der Waals surface area contributed by atoms with E-state index in [0.29, 0.717) is 11.6 Å². The van der Waals surface area contributed by atoms with Crippen molar-refractivity contribution in [3.63, 3.8) is 0 Å². The lowest BCUT2D eigenvalue weighted by Crippen LogP contribution is -2.37. The summed E-state index contributed by atoms with van der Waals surface area (Å²) in [6.07, 6.45) is 0. The Morgan fingerprint density at radius 2 is 1.65 bits per heavy atom. The van der Waals surface area contributed by atoms with Gasteiger partial charge < -0.3 is 15.4 Å². The first-order valence-electron chi connectivity index (χ1n) is 7.43. The Morgan fingerprint density at radius 1 is 1.00 bits per heavy atom. The topological polar surface area (TPSA) is 50.4 Å². The molecule has 2 aromatic carbocycles. The van der Waals surface area contributed by atoms with E-state index in [9.17, 15) is 4.79 Å². The Labute approximate surface area is 141 Å². The van der Waals surface area contributed by atoms with Crippen molar-refractivity contribution in [2.45, 2.75) is 27.3 Å². The van der Waals surface area contributed by atoms with Gasteiger partial charge in [-0.3, -0.25) is 0 Å². The molecule has 0 aliphatic rings. The minimum absolute atomic E-state index is 0.123. The van der Waals surface area contributed by atoms with Gasteiger partial charge in [0.25, 0.3) is 0 Å². The predicted octanol–water partition coefficient (Wildman–Crippen LogP) is 4.10. The van der Waals surface area contributed by atoms with Gasteiger partial charge in [0.15, 0.2) is 6.73 Å². The Kier molecular flexibility index (Phi) is 5.88. The Balaban J connectivity index is 1.79. The van der Waals surface area contributed by atoms with Gasteiger partial charge in [-0.15, -0.1) is 0 Å². The van der Waals surface area contributed by atoms with Crippen molar-refractivity contribution in [1.82, 2.24) is 10.6 Å². The number of hydrogen-bond donors (Lipinski definition) is 2. The summed E-state index contributed by atoms with van der Waals surface area (Å²) in [4.78, 5) is 11.8. The number of hydrogen-bond acceptors (Lipinski definition) is 2. The Morgan fingerprint density at radius 3 is 2.35 bits per heavy atom. The maximum atomic E-state index is 11.8. The van der Waals surface area contributed by atoms with E-state index in [1.165, 1.54) is 0 Å². The van der Waals surface area contributed by atoms with Gasteiger partial charge in [-0.05, 0) is 55.2 Å². The normalized spacial score (nSPS) is 10.3. The van der Waals surface area contributed by atoms with Crippen LogP contribution in [0, 0.1) is 20.8 Å². The molecule has 122 valence electrons. The van der Waals surface area contributed by atoms with Crippen LogP contribution < -0.4 is 15.4 Å². The first-order valence-corrected chi connectivity index (χ1v) is 7.81. The fraction of sp³-hybridized carbons (Fsp3) is 0.278. The van der Waals surface area contributed by atoms with Crippen LogP contribution in [0.4, 0.5) is 4.79 Å². The lowest BCUT2D eigenvalue weighted by Gasteiger charge is -2.14. The van der Waals surface area contributed by atoms with Crippen molar-refractivity contribution in [2.75, 3.05) is 6.73 Å². The summed E-state index contributed by atoms with van der Waals surface area (Å²) in [6.45, 7) is 6.59. The van der Waals surface area contributed by atoms with Crippen LogP contribution in [0.5, 0.6) is 5.75 Å².